The molecule has 0 N–H and O–H groups in total. The van der Waals surface area contributed by atoms with Crippen molar-refractivity contribution in [1.82, 2.24) is 0 Å². The number of methoxy groups -OCH3 is 2. The molecule has 0 aliphatic carbocycles. The number of nitro benzene ring substituents is 1. The molecule has 1 radical (unpaired) electrons. The highest BCUT2D eigenvalue weighted by Gasteiger charge is 2.24. The second-order valence-electron chi connectivity index (χ2n) is 4.94. The standard InChI is InChI=1S/C16H13ClN3O4S/c1-23-14-8-15(24-2)13(7-12(14)17)19-9-25-16(18-19)10-4-3-5-11(6-10)20(21)22/h3-9H,1-2H3. The highest BCUT2D eigenvalue weighted by atomic mass is 35.5. The first-order valence-corrected chi connectivity index (χ1v) is 8.33. The molecule has 2 aromatic carbocycles. The van der Waals surface area contributed by atoms with Gasteiger partial charge < -0.3 is 9.47 Å². The van der Waals surface area contributed by atoms with Crippen LogP contribution in [0.4, 0.5) is 11.4 Å². The van der Waals surface area contributed by atoms with Crippen molar-refractivity contribution in [1.29, 1.82) is 0 Å². The van der Waals surface area contributed by atoms with Crippen LogP contribution in [-0.2, 0) is 0 Å². The molecule has 1 aliphatic rings. The fraction of sp³-hybridized carbons (Fsp3) is 0.125. The van der Waals surface area contributed by atoms with Crippen LogP contribution in [0.15, 0.2) is 41.5 Å². The summed E-state index contributed by atoms with van der Waals surface area (Å²) in [6.45, 7) is 0. The Morgan fingerprint density at radius 3 is 2.64 bits per heavy atom. The number of anilines is 1. The molecule has 1 heterocycles. The van der Waals surface area contributed by atoms with E-state index in [-0.39, 0.29) is 5.69 Å². The summed E-state index contributed by atoms with van der Waals surface area (Å²) < 4.78 is 10.6. The first-order chi connectivity index (χ1) is 12.0. The lowest BCUT2D eigenvalue weighted by atomic mass is 10.2. The zero-order valence-corrected chi connectivity index (χ0v) is 14.9. The molecule has 3 rings (SSSR count). The van der Waals surface area contributed by atoms with Gasteiger partial charge in [0.1, 0.15) is 28.1 Å². The number of nitrogens with zero attached hydrogens (tertiary/aromatic N) is 3. The van der Waals surface area contributed by atoms with Crippen molar-refractivity contribution in [3.8, 4) is 11.5 Å². The summed E-state index contributed by atoms with van der Waals surface area (Å²) in [7, 11) is 3.07. The van der Waals surface area contributed by atoms with Gasteiger partial charge in [0, 0.05) is 23.8 Å². The van der Waals surface area contributed by atoms with Crippen LogP contribution < -0.4 is 14.5 Å². The summed E-state index contributed by atoms with van der Waals surface area (Å²) in [5.41, 5.74) is 1.32. The van der Waals surface area contributed by atoms with Gasteiger partial charge in [-0.15, -0.1) is 0 Å². The topological polar surface area (TPSA) is 77.2 Å². The molecule has 0 spiro atoms. The molecule has 9 heteroatoms. The van der Waals surface area contributed by atoms with Crippen LogP contribution in [0.2, 0.25) is 5.02 Å². The van der Waals surface area contributed by atoms with Crippen molar-refractivity contribution in [2.45, 2.75) is 0 Å². The third-order valence-electron chi connectivity index (χ3n) is 3.47. The van der Waals surface area contributed by atoms with E-state index in [1.807, 2.05) is 0 Å². The first-order valence-electron chi connectivity index (χ1n) is 7.07. The predicted octanol–water partition coefficient (Wildman–Crippen LogP) is 4.30. The van der Waals surface area contributed by atoms with E-state index in [1.165, 1.54) is 31.0 Å². The molecule has 0 bridgehead atoms. The summed E-state index contributed by atoms with van der Waals surface area (Å²) in [6, 6.07) is 9.70. The smallest absolute Gasteiger partial charge is 0.270 e. The van der Waals surface area contributed by atoms with Gasteiger partial charge >= 0.3 is 0 Å². The van der Waals surface area contributed by atoms with Crippen LogP contribution in [-0.4, -0.2) is 24.2 Å². The number of ether oxygens (including phenoxy) is 2. The van der Waals surface area contributed by atoms with Gasteiger partial charge in [-0.1, -0.05) is 35.5 Å². The zero-order chi connectivity index (χ0) is 18.0. The van der Waals surface area contributed by atoms with Gasteiger partial charge in [0.25, 0.3) is 5.69 Å². The fourth-order valence-electron chi connectivity index (χ4n) is 2.26. The van der Waals surface area contributed by atoms with Crippen molar-refractivity contribution in [2.24, 2.45) is 5.10 Å². The maximum absolute atomic E-state index is 10.9. The van der Waals surface area contributed by atoms with E-state index in [9.17, 15) is 10.1 Å². The largest absolute Gasteiger partial charge is 0.495 e. The number of benzene rings is 2. The van der Waals surface area contributed by atoms with Gasteiger partial charge in [0.15, 0.2) is 0 Å². The minimum atomic E-state index is -0.433. The Bertz CT molecular complexity index is 859. The maximum atomic E-state index is 10.9. The molecule has 0 fully saturated rings. The summed E-state index contributed by atoms with van der Waals surface area (Å²) in [4.78, 5) is 10.5. The van der Waals surface area contributed by atoms with Crippen molar-refractivity contribution in [3.05, 3.63) is 63.0 Å². The molecule has 0 amide bonds. The van der Waals surface area contributed by atoms with Gasteiger partial charge in [0.05, 0.1) is 24.2 Å². The first kappa shape index (κ1) is 17.4. The number of non-ortho nitro benzene ring substituents is 1. The number of hydrazone groups is 1. The van der Waals surface area contributed by atoms with Gasteiger partial charge in [-0.3, -0.25) is 10.1 Å². The molecule has 1 aliphatic heterocycles. The Hall–Kier alpha value is -2.45. The van der Waals surface area contributed by atoms with Crippen LogP contribution >= 0.6 is 23.4 Å². The number of hydrogen-bond donors (Lipinski definition) is 0. The van der Waals surface area contributed by atoms with Crippen LogP contribution in [0, 0.1) is 16.0 Å². The van der Waals surface area contributed by atoms with E-state index in [2.05, 4.69) is 5.10 Å². The molecule has 7 nitrogen and oxygen atoms in total. The molecule has 25 heavy (non-hydrogen) atoms. The molecule has 2 aromatic rings. The molecule has 129 valence electrons. The van der Waals surface area contributed by atoms with E-state index in [0.717, 1.165) is 0 Å². The van der Waals surface area contributed by atoms with Gasteiger partial charge in [-0.05, 0) is 6.07 Å². The molecule has 0 atom stereocenters. The van der Waals surface area contributed by atoms with E-state index in [0.29, 0.717) is 32.8 Å². The average Bonchev–Trinajstić information content (AvgIpc) is 3.11. The molecule has 0 aromatic heterocycles. The highest BCUT2D eigenvalue weighted by Crippen LogP contribution is 2.42. The van der Waals surface area contributed by atoms with Crippen LogP contribution in [0.3, 0.4) is 0 Å². The van der Waals surface area contributed by atoms with Crippen molar-refractivity contribution < 1.29 is 14.4 Å². The Labute approximate surface area is 153 Å². The van der Waals surface area contributed by atoms with Crippen molar-refractivity contribution in [2.75, 3.05) is 19.2 Å². The highest BCUT2D eigenvalue weighted by molar-refractivity contribution is 8.16. The normalized spacial score (nSPS) is 13.6. The van der Waals surface area contributed by atoms with Crippen molar-refractivity contribution in [3.63, 3.8) is 0 Å². The number of thioether (sulfide) groups is 1. The molecule has 0 saturated heterocycles. The SMILES string of the molecule is COc1cc(OC)c(N2[CH]SC(c3cccc([N+](=O)[O-])c3)=N2)cc1Cl. The zero-order valence-electron chi connectivity index (χ0n) is 13.3. The Morgan fingerprint density at radius 1 is 1.20 bits per heavy atom. The quantitative estimate of drug-likeness (QED) is 0.570. The van der Waals surface area contributed by atoms with E-state index in [1.54, 1.807) is 42.3 Å². The molecular weight excluding hydrogens is 366 g/mol. The molecular formula is C16H13ClN3O4S. The van der Waals surface area contributed by atoms with Gasteiger partial charge in [-0.25, -0.2) is 5.01 Å². The maximum Gasteiger partial charge on any atom is 0.270 e. The van der Waals surface area contributed by atoms with Crippen molar-refractivity contribution >= 4 is 39.8 Å². The Balaban J connectivity index is 1.95. The van der Waals surface area contributed by atoms with E-state index >= 15 is 0 Å². The van der Waals surface area contributed by atoms with Crippen LogP contribution in [0.1, 0.15) is 5.56 Å². The second-order valence-corrected chi connectivity index (χ2v) is 6.18. The predicted molar refractivity (Wildman–Crippen MR) is 98.6 cm³/mol. The lowest BCUT2D eigenvalue weighted by molar-refractivity contribution is -0.384. The van der Waals surface area contributed by atoms with E-state index < -0.39 is 4.92 Å². The van der Waals surface area contributed by atoms with E-state index in [4.69, 9.17) is 21.1 Å². The fourth-order valence-corrected chi connectivity index (χ4v) is 3.25. The molecule has 0 saturated carbocycles. The molecule has 0 unspecified atom stereocenters. The summed E-state index contributed by atoms with van der Waals surface area (Å²) >= 11 is 7.55. The Kier molecular flexibility index (Phi) is 5.00. The van der Waals surface area contributed by atoms with Crippen LogP contribution in [0.25, 0.3) is 0 Å². The lowest BCUT2D eigenvalue weighted by Gasteiger charge is -2.17. The summed E-state index contributed by atoms with van der Waals surface area (Å²) in [5, 5.41) is 18.1. The third-order valence-corrected chi connectivity index (χ3v) is 4.61. The summed E-state index contributed by atoms with van der Waals surface area (Å²) in [6.07, 6.45) is 0. The lowest BCUT2D eigenvalue weighted by Crippen LogP contribution is -2.08. The average molecular weight is 379 g/mol. The number of nitro groups is 1. The minimum absolute atomic E-state index is 0.0179. The third kappa shape index (κ3) is 3.49. The second kappa shape index (κ2) is 7.20. The number of rotatable bonds is 5. The number of halogens is 1. The monoisotopic (exact) mass is 378 g/mol. The number of hydrogen-bond acceptors (Lipinski definition) is 7. The summed E-state index contributed by atoms with van der Waals surface area (Å²) in [5.74, 6) is 2.81. The van der Waals surface area contributed by atoms with Gasteiger partial charge in [0.2, 0.25) is 0 Å². The minimum Gasteiger partial charge on any atom is -0.495 e. The van der Waals surface area contributed by atoms with Crippen LogP contribution in [0.5, 0.6) is 11.5 Å². The van der Waals surface area contributed by atoms with Gasteiger partial charge in [-0.2, -0.15) is 5.10 Å². The Morgan fingerprint density at radius 2 is 1.96 bits per heavy atom.